The van der Waals surface area contributed by atoms with Crippen LogP contribution < -0.4 is 14.2 Å². The van der Waals surface area contributed by atoms with Gasteiger partial charge in [0, 0.05) is 45.9 Å². The van der Waals surface area contributed by atoms with Gasteiger partial charge in [-0.3, -0.25) is 9.91 Å². The maximum absolute atomic E-state index is 5.75. The summed E-state index contributed by atoms with van der Waals surface area (Å²) in [4.78, 5) is 2.46. The average molecular weight is 516 g/mol. The van der Waals surface area contributed by atoms with E-state index in [1.165, 1.54) is 22.3 Å². The number of ether oxygens (including phenoxy) is 4. The standard InChI is InChI=1S/C31H37N3O4/c1-35-22-28-9-6-16-34(28)32-15-14-26-17-30-31(38-23-37-30)18-27(26)21-33(19-24-7-4-3-5-8-24)20-25-10-12-29(36-2)13-11-25/h3-5,7-8,10-13,15,17-18,28H,6,9,14,16,19-23H2,1-2H3/b32-15+/t28-/m1/s1. The van der Waals surface area contributed by atoms with Crippen LogP contribution in [0.5, 0.6) is 17.2 Å². The van der Waals surface area contributed by atoms with E-state index < -0.39 is 0 Å². The Morgan fingerprint density at radius 2 is 1.63 bits per heavy atom. The van der Waals surface area contributed by atoms with Crippen LogP contribution in [0.25, 0.3) is 0 Å². The van der Waals surface area contributed by atoms with Gasteiger partial charge >= 0.3 is 0 Å². The largest absolute Gasteiger partial charge is 0.497 e. The fraction of sp³-hybridized carbons (Fsp3) is 0.387. The average Bonchev–Trinajstić information content (AvgIpc) is 3.59. The molecule has 0 N–H and O–H groups in total. The van der Waals surface area contributed by atoms with Crippen molar-refractivity contribution in [3.05, 3.63) is 89.0 Å². The second-order valence-electron chi connectivity index (χ2n) is 9.87. The number of hydrazone groups is 1. The second-order valence-corrected chi connectivity index (χ2v) is 9.87. The lowest BCUT2D eigenvalue weighted by atomic mass is 10.0. The zero-order chi connectivity index (χ0) is 26.2. The van der Waals surface area contributed by atoms with Crippen LogP contribution in [0, 0.1) is 0 Å². The van der Waals surface area contributed by atoms with Gasteiger partial charge in [0.05, 0.1) is 19.8 Å². The van der Waals surface area contributed by atoms with Gasteiger partial charge < -0.3 is 18.9 Å². The van der Waals surface area contributed by atoms with Crippen LogP contribution in [-0.2, 0) is 30.8 Å². The molecular weight excluding hydrogens is 478 g/mol. The highest BCUT2D eigenvalue weighted by Crippen LogP contribution is 2.36. The molecule has 2 aliphatic heterocycles. The Morgan fingerprint density at radius 3 is 2.34 bits per heavy atom. The summed E-state index contributed by atoms with van der Waals surface area (Å²) in [5, 5.41) is 6.98. The number of hydrogen-bond acceptors (Lipinski definition) is 7. The first-order chi connectivity index (χ1) is 18.7. The van der Waals surface area contributed by atoms with E-state index in [9.17, 15) is 0 Å². The lowest BCUT2D eigenvalue weighted by Crippen LogP contribution is -2.28. The number of benzene rings is 3. The molecule has 38 heavy (non-hydrogen) atoms. The molecule has 3 aromatic rings. The van der Waals surface area contributed by atoms with Crippen LogP contribution in [0.1, 0.15) is 35.1 Å². The Kier molecular flexibility index (Phi) is 8.78. The molecule has 0 saturated carbocycles. The van der Waals surface area contributed by atoms with Gasteiger partial charge in [0.1, 0.15) is 5.75 Å². The molecular formula is C31H37N3O4. The van der Waals surface area contributed by atoms with Gasteiger partial charge in [-0.25, -0.2) is 0 Å². The molecule has 7 heteroatoms. The zero-order valence-corrected chi connectivity index (χ0v) is 22.3. The first-order valence-electron chi connectivity index (χ1n) is 13.3. The molecule has 0 spiro atoms. The van der Waals surface area contributed by atoms with E-state index in [2.05, 4.69) is 64.5 Å². The molecule has 1 atom stereocenters. The third-order valence-electron chi connectivity index (χ3n) is 7.15. The van der Waals surface area contributed by atoms with Gasteiger partial charge in [-0.1, -0.05) is 42.5 Å². The molecule has 7 nitrogen and oxygen atoms in total. The van der Waals surface area contributed by atoms with E-state index in [-0.39, 0.29) is 6.79 Å². The molecule has 5 rings (SSSR count). The quantitative estimate of drug-likeness (QED) is 0.307. The summed E-state index contributed by atoms with van der Waals surface area (Å²) in [5.74, 6) is 2.48. The van der Waals surface area contributed by atoms with E-state index in [1.54, 1.807) is 14.2 Å². The Labute approximate surface area is 225 Å². The molecule has 0 unspecified atom stereocenters. The van der Waals surface area contributed by atoms with E-state index in [0.29, 0.717) is 12.6 Å². The Morgan fingerprint density at radius 1 is 0.921 bits per heavy atom. The van der Waals surface area contributed by atoms with Gasteiger partial charge in [0.25, 0.3) is 0 Å². The van der Waals surface area contributed by atoms with Crippen LogP contribution in [-0.4, -0.2) is 56.3 Å². The molecule has 0 amide bonds. The summed E-state index contributed by atoms with van der Waals surface area (Å²) in [5.41, 5.74) is 4.94. The lowest BCUT2D eigenvalue weighted by Gasteiger charge is -2.24. The lowest BCUT2D eigenvalue weighted by molar-refractivity contribution is 0.118. The highest BCUT2D eigenvalue weighted by molar-refractivity contribution is 5.64. The normalized spacial score (nSPS) is 16.6. The van der Waals surface area contributed by atoms with Gasteiger partial charge in [-0.15, -0.1) is 0 Å². The van der Waals surface area contributed by atoms with E-state index in [1.807, 2.05) is 18.3 Å². The van der Waals surface area contributed by atoms with Gasteiger partial charge in [0.2, 0.25) is 6.79 Å². The van der Waals surface area contributed by atoms with Crippen LogP contribution in [0.2, 0.25) is 0 Å². The predicted octanol–water partition coefficient (Wildman–Crippen LogP) is 5.27. The minimum Gasteiger partial charge on any atom is -0.497 e. The summed E-state index contributed by atoms with van der Waals surface area (Å²) in [7, 11) is 3.45. The summed E-state index contributed by atoms with van der Waals surface area (Å²) in [6.45, 7) is 4.38. The van der Waals surface area contributed by atoms with Crippen LogP contribution in [0.3, 0.4) is 0 Å². The molecule has 0 bridgehead atoms. The first kappa shape index (κ1) is 26.1. The maximum Gasteiger partial charge on any atom is 0.231 e. The highest BCUT2D eigenvalue weighted by Gasteiger charge is 2.23. The smallest absolute Gasteiger partial charge is 0.231 e. The van der Waals surface area contributed by atoms with Gasteiger partial charge in [-0.2, -0.15) is 5.10 Å². The van der Waals surface area contributed by atoms with Crippen molar-refractivity contribution in [2.75, 3.05) is 34.2 Å². The van der Waals surface area contributed by atoms with Crippen molar-refractivity contribution in [2.24, 2.45) is 5.10 Å². The molecule has 3 aromatic carbocycles. The minimum absolute atomic E-state index is 0.262. The summed E-state index contributed by atoms with van der Waals surface area (Å²) < 4.78 is 22.2. The number of nitrogens with zero attached hydrogens (tertiary/aromatic N) is 3. The van der Waals surface area contributed by atoms with Crippen molar-refractivity contribution in [1.29, 1.82) is 0 Å². The van der Waals surface area contributed by atoms with Crippen molar-refractivity contribution in [3.8, 4) is 17.2 Å². The number of methoxy groups -OCH3 is 2. The molecule has 1 saturated heterocycles. The molecule has 0 aliphatic carbocycles. The Hall–Kier alpha value is -3.55. The summed E-state index contributed by atoms with van der Waals surface area (Å²) in [6, 6.07) is 23.5. The van der Waals surface area contributed by atoms with Crippen molar-refractivity contribution < 1.29 is 18.9 Å². The van der Waals surface area contributed by atoms with E-state index in [4.69, 9.17) is 24.0 Å². The molecule has 200 valence electrons. The van der Waals surface area contributed by atoms with Crippen LogP contribution in [0.15, 0.2) is 71.8 Å². The minimum atomic E-state index is 0.262. The highest BCUT2D eigenvalue weighted by atomic mass is 16.7. The molecule has 0 aromatic heterocycles. The fourth-order valence-corrected chi connectivity index (χ4v) is 5.18. The second kappa shape index (κ2) is 12.8. The number of hydrogen-bond donors (Lipinski definition) is 0. The number of fused-ring (bicyclic) bond motifs is 1. The van der Waals surface area contributed by atoms with E-state index in [0.717, 1.165) is 62.7 Å². The van der Waals surface area contributed by atoms with E-state index >= 15 is 0 Å². The van der Waals surface area contributed by atoms with Gasteiger partial charge in [-0.05, 0) is 59.4 Å². The SMILES string of the molecule is COC[C@H]1CCCN1/N=C/Cc1cc2c(cc1CN(Cc1ccccc1)Cc1ccc(OC)cc1)OCO2. The number of rotatable bonds is 12. The maximum atomic E-state index is 5.75. The van der Waals surface area contributed by atoms with Crippen LogP contribution in [0.4, 0.5) is 0 Å². The van der Waals surface area contributed by atoms with Crippen molar-refractivity contribution >= 4 is 6.21 Å². The predicted molar refractivity (Wildman–Crippen MR) is 149 cm³/mol. The molecule has 2 heterocycles. The Bertz CT molecular complexity index is 1200. The fourth-order valence-electron chi connectivity index (χ4n) is 5.18. The topological polar surface area (TPSA) is 55.8 Å². The van der Waals surface area contributed by atoms with Crippen molar-refractivity contribution in [2.45, 2.75) is 44.9 Å². The summed E-state index contributed by atoms with van der Waals surface area (Å²) >= 11 is 0. The zero-order valence-electron chi connectivity index (χ0n) is 22.3. The molecule has 0 radical (unpaired) electrons. The summed E-state index contributed by atoms with van der Waals surface area (Å²) in [6.07, 6.45) is 5.03. The molecule has 1 fully saturated rings. The third-order valence-corrected chi connectivity index (χ3v) is 7.15. The van der Waals surface area contributed by atoms with Crippen LogP contribution >= 0.6 is 0 Å². The van der Waals surface area contributed by atoms with Gasteiger partial charge in [0.15, 0.2) is 11.5 Å². The monoisotopic (exact) mass is 515 g/mol. The van der Waals surface area contributed by atoms with Crippen molar-refractivity contribution in [1.82, 2.24) is 9.91 Å². The van der Waals surface area contributed by atoms with Crippen molar-refractivity contribution in [3.63, 3.8) is 0 Å². The third kappa shape index (κ3) is 6.65. The Balaban J connectivity index is 1.37. The molecule has 2 aliphatic rings. The first-order valence-corrected chi connectivity index (χ1v) is 13.3.